The molecule has 0 N–H and O–H groups in total. The number of thiophene rings is 1. The van der Waals surface area contributed by atoms with E-state index in [2.05, 4.69) is 32.6 Å². The van der Waals surface area contributed by atoms with E-state index in [1.165, 1.54) is 10.9 Å². The molecule has 23 heavy (non-hydrogen) atoms. The molecular weight excluding hydrogens is 313 g/mol. The zero-order valence-electron chi connectivity index (χ0n) is 12.5. The highest BCUT2D eigenvalue weighted by Crippen LogP contribution is 2.30. The predicted molar refractivity (Wildman–Crippen MR) is 86.6 cm³/mol. The summed E-state index contributed by atoms with van der Waals surface area (Å²) in [5.74, 6) is 0.753. The largest absolute Gasteiger partial charge is 0.420 e. The Labute approximate surface area is 137 Å². The van der Waals surface area contributed by atoms with Crippen molar-refractivity contribution >= 4 is 11.3 Å². The lowest BCUT2D eigenvalue weighted by Crippen LogP contribution is -2.19. The van der Waals surface area contributed by atoms with Crippen LogP contribution in [0.15, 0.2) is 46.2 Å². The fraction of sp³-hybridized carbons (Fsp3) is 0.294. The molecule has 0 amide bonds. The minimum absolute atomic E-state index is 0.225. The molecule has 1 atom stereocenters. The van der Waals surface area contributed by atoms with Crippen molar-refractivity contribution in [2.24, 2.45) is 0 Å². The van der Waals surface area contributed by atoms with E-state index >= 15 is 0 Å². The zero-order chi connectivity index (χ0) is 15.6. The Bertz CT molecular complexity index is 787. The number of hydrogen-bond donors (Lipinski definition) is 0. The van der Waals surface area contributed by atoms with Gasteiger partial charge in [0.1, 0.15) is 5.82 Å². The van der Waals surface area contributed by atoms with Crippen LogP contribution in [0.1, 0.15) is 23.1 Å². The standard InChI is InChI=1S/C17H16FN3OS/c18-15-6-2-1-5-14(15)17-20-19-16(22-17)12-7-8-21(10-12)11-13-4-3-9-23-13/h1-6,9,12H,7-8,10-11H2. The molecule has 1 unspecified atom stereocenters. The lowest BCUT2D eigenvalue weighted by molar-refractivity contribution is 0.323. The van der Waals surface area contributed by atoms with Crippen molar-refractivity contribution in [2.45, 2.75) is 18.9 Å². The third kappa shape index (κ3) is 3.04. The number of nitrogens with zero attached hydrogens (tertiary/aromatic N) is 3. The predicted octanol–water partition coefficient (Wildman–Crippen LogP) is 3.93. The Kier molecular flexibility index (Phi) is 3.93. The summed E-state index contributed by atoms with van der Waals surface area (Å²) in [5, 5.41) is 10.3. The van der Waals surface area contributed by atoms with Gasteiger partial charge in [0.25, 0.3) is 5.89 Å². The molecule has 0 spiro atoms. The SMILES string of the molecule is Fc1ccccc1-c1nnc(C2CCN(Cc3cccs3)C2)o1. The highest BCUT2D eigenvalue weighted by atomic mass is 32.1. The molecule has 1 fully saturated rings. The van der Waals surface area contributed by atoms with E-state index in [-0.39, 0.29) is 17.6 Å². The van der Waals surface area contributed by atoms with Gasteiger partial charge in [0, 0.05) is 18.0 Å². The number of rotatable bonds is 4. The molecule has 4 rings (SSSR count). The number of likely N-dealkylation sites (tertiary alicyclic amines) is 1. The topological polar surface area (TPSA) is 42.2 Å². The van der Waals surface area contributed by atoms with Crippen LogP contribution in [0, 0.1) is 5.82 Å². The Morgan fingerprint density at radius 1 is 1.22 bits per heavy atom. The van der Waals surface area contributed by atoms with E-state index in [0.717, 1.165) is 26.1 Å². The van der Waals surface area contributed by atoms with Crippen LogP contribution < -0.4 is 0 Å². The van der Waals surface area contributed by atoms with Crippen molar-refractivity contribution < 1.29 is 8.81 Å². The minimum Gasteiger partial charge on any atom is -0.420 e. The van der Waals surface area contributed by atoms with Gasteiger partial charge in [-0.1, -0.05) is 18.2 Å². The first-order chi connectivity index (χ1) is 11.3. The maximum atomic E-state index is 13.8. The van der Waals surface area contributed by atoms with Crippen LogP contribution in [0.2, 0.25) is 0 Å². The average molecular weight is 329 g/mol. The molecule has 0 bridgehead atoms. The van der Waals surface area contributed by atoms with E-state index < -0.39 is 0 Å². The summed E-state index contributed by atoms with van der Waals surface area (Å²) in [4.78, 5) is 3.76. The molecule has 1 aromatic carbocycles. The number of halogens is 1. The fourth-order valence-electron chi connectivity index (χ4n) is 2.94. The second-order valence-electron chi connectivity index (χ2n) is 5.73. The van der Waals surface area contributed by atoms with Crippen molar-refractivity contribution in [3.8, 4) is 11.5 Å². The number of aromatic nitrogens is 2. The maximum absolute atomic E-state index is 13.8. The first-order valence-corrected chi connectivity index (χ1v) is 8.50. The lowest BCUT2D eigenvalue weighted by atomic mass is 10.1. The quantitative estimate of drug-likeness (QED) is 0.727. The third-order valence-corrected chi connectivity index (χ3v) is 4.99. The Balaban J connectivity index is 1.47. The molecule has 1 saturated heterocycles. The highest BCUT2D eigenvalue weighted by molar-refractivity contribution is 7.09. The van der Waals surface area contributed by atoms with Gasteiger partial charge in [0.15, 0.2) is 0 Å². The summed E-state index contributed by atoms with van der Waals surface area (Å²) in [6, 6.07) is 10.7. The molecule has 6 heteroatoms. The highest BCUT2D eigenvalue weighted by Gasteiger charge is 2.28. The van der Waals surface area contributed by atoms with Gasteiger partial charge in [-0.15, -0.1) is 21.5 Å². The van der Waals surface area contributed by atoms with Crippen molar-refractivity contribution in [1.82, 2.24) is 15.1 Å². The average Bonchev–Trinajstić information content (AvgIpc) is 3.29. The van der Waals surface area contributed by atoms with Gasteiger partial charge in [-0.05, 0) is 36.5 Å². The second-order valence-corrected chi connectivity index (χ2v) is 6.76. The van der Waals surface area contributed by atoms with Gasteiger partial charge in [-0.25, -0.2) is 4.39 Å². The third-order valence-electron chi connectivity index (χ3n) is 4.13. The van der Waals surface area contributed by atoms with Crippen molar-refractivity contribution in [3.63, 3.8) is 0 Å². The molecule has 2 aromatic heterocycles. The van der Waals surface area contributed by atoms with Crippen molar-refractivity contribution in [1.29, 1.82) is 0 Å². The van der Waals surface area contributed by atoms with Gasteiger partial charge < -0.3 is 4.42 Å². The molecule has 4 nitrogen and oxygen atoms in total. The Morgan fingerprint density at radius 2 is 2.13 bits per heavy atom. The van der Waals surface area contributed by atoms with E-state index in [1.807, 2.05) is 0 Å². The number of hydrogen-bond acceptors (Lipinski definition) is 5. The molecule has 1 aliphatic heterocycles. The van der Waals surface area contributed by atoms with Crippen LogP contribution in [0.5, 0.6) is 0 Å². The van der Waals surface area contributed by atoms with Crippen molar-refractivity contribution in [3.05, 3.63) is 58.4 Å². The summed E-state index contributed by atoms with van der Waals surface area (Å²) in [5.41, 5.74) is 0.361. The van der Waals surface area contributed by atoms with Crippen molar-refractivity contribution in [2.75, 3.05) is 13.1 Å². The van der Waals surface area contributed by atoms with E-state index in [1.54, 1.807) is 29.5 Å². The molecule has 0 saturated carbocycles. The molecule has 0 aliphatic carbocycles. The van der Waals surface area contributed by atoms with Crippen LogP contribution in [-0.2, 0) is 6.54 Å². The minimum atomic E-state index is -0.339. The Hall–Kier alpha value is -2.05. The van der Waals surface area contributed by atoms with Crippen LogP contribution in [0.25, 0.3) is 11.5 Å². The van der Waals surface area contributed by atoms with Gasteiger partial charge in [-0.3, -0.25) is 4.90 Å². The van der Waals surface area contributed by atoms with Gasteiger partial charge in [0.2, 0.25) is 5.89 Å². The maximum Gasteiger partial charge on any atom is 0.250 e. The normalized spacial score (nSPS) is 18.6. The summed E-state index contributed by atoms with van der Waals surface area (Å²) >= 11 is 1.78. The lowest BCUT2D eigenvalue weighted by Gasteiger charge is -2.13. The smallest absolute Gasteiger partial charge is 0.250 e. The molecule has 118 valence electrons. The Morgan fingerprint density at radius 3 is 2.96 bits per heavy atom. The monoisotopic (exact) mass is 329 g/mol. The van der Waals surface area contributed by atoms with Gasteiger partial charge in [-0.2, -0.15) is 0 Å². The van der Waals surface area contributed by atoms with Crippen LogP contribution in [-0.4, -0.2) is 28.2 Å². The molecule has 0 radical (unpaired) electrons. The summed E-state index contributed by atoms with van der Waals surface area (Å²) in [7, 11) is 0. The van der Waals surface area contributed by atoms with Gasteiger partial charge >= 0.3 is 0 Å². The summed E-state index contributed by atoms with van der Waals surface area (Å²) in [6.07, 6.45) is 0.990. The first-order valence-electron chi connectivity index (χ1n) is 7.62. The summed E-state index contributed by atoms with van der Waals surface area (Å²) < 4.78 is 19.5. The van der Waals surface area contributed by atoms with E-state index in [0.29, 0.717) is 11.5 Å². The first kappa shape index (κ1) is 14.5. The van der Waals surface area contributed by atoms with Crippen LogP contribution in [0.3, 0.4) is 0 Å². The molecule has 3 aromatic rings. The van der Waals surface area contributed by atoms with E-state index in [4.69, 9.17) is 4.42 Å². The molecular formula is C17H16FN3OS. The van der Waals surface area contributed by atoms with Crippen LogP contribution in [0.4, 0.5) is 4.39 Å². The number of benzene rings is 1. The van der Waals surface area contributed by atoms with Crippen LogP contribution >= 0.6 is 11.3 Å². The zero-order valence-corrected chi connectivity index (χ0v) is 13.3. The summed E-state index contributed by atoms with van der Waals surface area (Å²) in [6.45, 7) is 2.87. The van der Waals surface area contributed by atoms with Gasteiger partial charge in [0.05, 0.1) is 11.5 Å². The van der Waals surface area contributed by atoms with E-state index in [9.17, 15) is 4.39 Å². The molecule has 3 heterocycles. The second kappa shape index (κ2) is 6.22. The molecule has 1 aliphatic rings. The fourth-order valence-corrected chi connectivity index (χ4v) is 3.69.